The molecule has 7 heteroatoms. The van der Waals surface area contributed by atoms with Crippen LogP contribution in [0.2, 0.25) is 0 Å². The smallest absolute Gasteiger partial charge is 0.276 e. The van der Waals surface area contributed by atoms with Gasteiger partial charge in [-0.1, -0.05) is 6.07 Å². The van der Waals surface area contributed by atoms with Crippen LogP contribution in [0.5, 0.6) is 11.5 Å². The van der Waals surface area contributed by atoms with E-state index in [9.17, 15) is 4.79 Å². The van der Waals surface area contributed by atoms with Crippen molar-refractivity contribution in [1.29, 1.82) is 5.26 Å². The fourth-order valence-corrected chi connectivity index (χ4v) is 3.14. The first-order valence-electron chi connectivity index (χ1n) is 8.70. The number of nitriles is 1. The van der Waals surface area contributed by atoms with Crippen LogP contribution in [0.25, 0.3) is 6.08 Å². The molecule has 1 N–H and O–H groups in total. The van der Waals surface area contributed by atoms with Gasteiger partial charge in [0.05, 0.1) is 18.7 Å². The highest BCUT2D eigenvalue weighted by atomic mass is 32.1. The number of carbonyl (C=O) groups excluding carboxylic acids is 1. The largest absolute Gasteiger partial charge is 0.496 e. The molecule has 1 heterocycles. The van der Waals surface area contributed by atoms with Crippen LogP contribution in [0.4, 0.5) is 0 Å². The normalized spacial score (nSPS) is 14.8. The Labute approximate surface area is 169 Å². The van der Waals surface area contributed by atoms with Gasteiger partial charge in [-0.2, -0.15) is 5.26 Å². The Bertz CT molecular complexity index is 977. The van der Waals surface area contributed by atoms with Crippen molar-refractivity contribution in [3.63, 3.8) is 0 Å². The summed E-state index contributed by atoms with van der Waals surface area (Å²) in [5, 5.41) is 12.2. The fraction of sp³-hybridized carbons (Fsp3) is 0.190. The minimum absolute atomic E-state index is 0.140. The van der Waals surface area contributed by atoms with E-state index in [0.717, 1.165) is 11.1 Å². The first-order chi connectivity index (χ1) is 13.5. The molecule has 142 valence electrons. The van der Waals surface area contributed by atoms with E-state index in [1.54, 1.807) is 37.5 Å². The lowest BCUT2D eigenvalue weighted by Gasteiger charge is -2.11. The zero-order chi connectivity index (χ0) is 20.1. The number of benzene rings is 2. The molecule has 2 aromatic rings. The Morgan fingerprint density at radius 1 is 1.25 bits per heavy atom. The van der Waals surface area contributed by atoms with Gasteiger partial charge in [-0.3, -0.25) is 9.69 Å². The first kappa shape index (κ1) is 19.4. The number of likely N-dealkylation sites (N-methyl/N-ethyl adjacent to an activating group) is 1. The lowest BCUT2D eigenvalue weighted by molar-refractivity contribution is -0.122. The monoisotopic (exact) mass is 393 g/mol. The number of methoxy groups -OCH3 is 1. The van der Waals surface area contributed by atoms with E-state index < -0.39 is 0 Å². The van der Waals surface area contributed by atoms with Gasteiger partial charge in [-0.15, -0.1) is 0 Å². The number of rotatable bonds is 6. The van der Waals surface area contributed by atoms with Gasteiger partial charge < -0.3 is 14.8 Å². The number of thiocarbonyl (C=S) groups is 1. The van der Waals surface area contributed by atoms with E-state index in [1.165, 1.54) is 4.90 Å². The molecular weight excluding hydrogens is 374 g/mol. The van der Waals surface area contributed by atoms with Crippen LogP contribution in [0.15, 0.2) is 48.2 Å². The molecule has 28 heavy (non-hydrogen) atoms. The van der Waals surface area contributed by atoms with Crippen molar-refractivity contribution in [2.75, 3.05) is 13.7 Å². The summed E-state index contributed by atoms with van der Waals surface area (Å²) in [6, 6.07) is 14.6. The predicted octanol–water partition coefficient (Wildman–Crippen LogP) is 3.22. The van der Waals surface area contributed by atoms with Crippen LogP contribution >= 0.6 is 12.2 Å². The van der Waals surface area contributed by atoms with E-state index in [4.69, 9.17) is 27.0 Å². The summed E-state index contributed by atoms with van der Waals surface area (Å²) in [6.07, 6.45) is 1.76. The molecule has 0 spiro atoms. The summed E-state index contributed by atoms with van der Waals surface area (Å²) >= 11 is 5.18. The fourth-order valence-electron chi connectivity index (χ4n) is 2.81. The summed E-state index contributed by atoms with van der Waals surface area (Å²) in [4.78, 5) is 13.9. The summed E-state index contributed by atoms with van der Waals surface area (Å²) in [6.45, 7) is 2.68. The number of amides is 1. The van der Waals surface area contributed by atoms with Gasteiger partial charge in [-0.25, -0.2) is 0 Å². The summed E-state index contributed by atoms with van der Waals surface area (Å²) in [5.74, 6) is 1.20. The molecular formula is C21H19N3O3S. The number of hydrogen-bond acceptors (Lipinski definition) is 5. The molecule has 1 aliphatic rings. The second-order valence-corrected chi connectivity index (χ2v) is 6.42. The number of ether oxygens (including phenoxy) is 2. The second kappa shape index (κ2) is 8.55. The van der Waals surface area contributed by atoms with E-state index in [-0.39, 0.29) is 12.5 Å². The maximum Gasteiger partial charge on any atom is 0.276 e. The van der Waals surface area contributed by atoms with Crippen LogP contribution in [-0.2, 0) is 11.4 Å². The maximum absolute atomic E-state index is 12.4. The molecule has 1 aliphatic heterocycles. The van der Waals surface area contributed by atoms with Gasteiger partial charge in [0.2, 0.25) is 0 Å². The highest BCUT2D eigenvalue weighted by molar-refractivity contribution is 7.80. The summed E-state index contributed by atoms with van der Waals surface area (Å²) in [5.41, 5.74) is 2.68. The van der Waals surface area contributed by atoms with Gasteiger partial charge in [0.1, 0.15) is 23.8 Å². The van der Waals surface area contributed by atoms with Gasteiger partial charge in [0, 0.05) is 12.1 Å². The molecule has 1 saturated heterocycles. The van der Waals surface area contributed by atoms with Crippen LogP contribution in [0.1, 0.15) is 23.6 Å². The first-order valence-corrected chi connectivity index (χ1v) is 9.11. The number of nitrogens with zero attached hydrogens (tertiary/aromatic N) is 2. The molecule has 6 nitrogen and oxygen atoms in total. The van der Waals surface area contributed by atoms with Crippen LogP contribution in [0, 0.1) is 11.3 Å². The lowest BCUT2D eigenvalue weighted by Crippen LogP contribution is -2.30. The Hall–Kier alpha value is -3.37. The Kier molecular flexibility index (Phi) is 5.92. The van der Waals surface area contributed by atoms with Crippen molar-refractivity contribution in [3.8, 4) is 17.6 Å². The molecule has 0 radical (unpaired) electrons. The lowest BCUT2D eigenvalue weighted by atomic mass is 10.1. The van der Waals surface area contributed by atoms with Crippen molar-refractivity contribution < 1.29 is 14.3 Å². The van der Waals surface area contributed by atoms with Crippen molar-refractivity contribution in [2.45, 2.75) is 13.5 Å². The van der Waals surface area contributed by atoms with E-state index >= 15 is 0 Å². The third-order valence-corrected chi connectivity index (χ3v) is 4.59. The summed E-state index contributed by atoms with van der Waals surface area (Å²) in [7, 11) is 1.60. The van der Waals surface area contributed by atoms with Crippen LogP contribution in [0.3, 0.4) is 0 Å². The molecule has 0 aromatic heterocycles. The zero-order valence-electron chi connectivity index (χ0n) is 15.6. The average Bonchev–Trinajstić information content (AvgIpc) is 2.99. The van der Waals surface area contributed by atoms with E-state index in [1.807, 2.05) is 25.1 Å². The molecule has 0 saturated carbocycles. The van der Waals surface area contributed by atoms with Crippen LogP contribution < -0.4 is 14.8 Å². The van der Waals surface area contributed by atoms with Crippen molar-refractivity contribution in [3.05, 3.63) is 64.9 Å². The maximum atomic E-state index is 12.4. The van der Waals surface area contributed by atoms with Crippen molar-refractivity contribution in [1.82, 2.24) is 10.2 Å². The predicted molar refractivity (Wildman–Crippen MR) is 110 cm³/mol. The number of hydrogen-bond donors (Lipinski definition) is 1. The molecule has 1 fully saturated rings. The Morgan fingerprint density at radius 3 is 2.61 bits per heavy atom. The summed E-state index contributed by atoms with van der Waals surface area (Å²) < 4.78 is 11.2. The van der Waals surface area contributed by atoms with Crippen molar-refractivity contribution >= 4 is 29.3 Å². The molecule has 0 aliphatic carbocycles. The zero-order valence-corrected chi connectivity index (χ0v) is 16.4. The molecule has 2 aromatic carbocycles. The Morgan fingerprint density at radius 2 is 2.00 bits per heavy atom. The highest BCUT2D eigenvalue weighted by Gasteiger charge is 2.29. The molecule has 0 bridgehead atoms. The third-order valence-electron chi connectivity index (χ3n) is 4.27. The van der Waals surface area contributed by atoms with Gasteiger partial charge in [0.15, 0.2) is 5.11 Å². The quantitative estimate of drug-likeness (QED) is 0.600. The molecule has 1 amide bonds. The van der Waals surface area contributed by atoms with E-state index in [0.29, 0.717) is 34.4 Å². The average molecular weight is 393 g/mol. The SMILES string of the molecule is CCN1C(=O)/C(=C\c2ccc(OC)c(COc3ccc(C#N)cc3)c2)NC1=S. The van der Waals surface area contributed by atoms with Crippen LogP contribution in [-0.4, -0.2) is 29.6 Å². The number of carbonyl (C=O) groups is 1. The standard InChI is InChI=1S/C21H19N3O3S/c1-3-24-20(25)18(23-21(24)28)11-15-6-9-19(26-2)16(10-15)13-27-17-7-4-14(12-22)5-8-17/h4-11H,3,13H2,1-2H3,(H,23,28)/b18-11+. The molecule has 0 unspecified atom stereocenters. The highest BCUT2D eigenvalue weighted by Crippen LogP contribution is 2.24. The third kappa shape index (κ3) is 4.13. The van der Waals surface area contributed by atoms with Gasteiger partial charge >= 0.3 is 0 Å². The minimum Gasteiger partial charge on any atom is -0.496 e. The topological polar surface area (TPSA) is 74.6 Å². The Balaban J connectivity index is 1.80. The van der Waals surface area contributed by atoms with Gasteiger partial charge in [0.25, 0.3) is 5.91 Å². The van der Waals surface area contributed by atoms with E-state index in [2.05, 4.69) is 11.4 Å². The minimum atomic E-state index is -0.140. The second-order valence-electron chi connectivity index (χ2n) is 6.03. The molecule has 3 rings (SSSR count). The van der Waals surface area contributed by atoms with Crippen molar-refractivity contribution in [2.24, 2.45) is 0 Å². The number of nitrogens with one attached hydrogen (secondary N) is 1. The van der Waals surface area contributed by atoms with Gasteiger partial charge in [-0.05, 0) is 67.2 Å². The molecule has 0 atom stereocenters.